The Morgan fingerprint density at radius 1 is 1.24 bits per heavy atom. The van der Waals surface area contributed by atoms with Crippen LogP contribution in [0.25, 0.3) is 0 Å². The molecule has 1 aromatic rings. The Morgan fingerprint density at radius 3 is 2.38 bits per heavy atom. The minimum Gasteiger partial charge on any atom is -0.323 e. The number of amides is 1. The molecule has 1 amide bonds. The van der Waals surface area contributed by atoms with Crippen LogP contribution in [0.5, 0.6) is 0 Å². The zero-order chi connectivity index (χ0) is 15.2. The number of nitrogens with two attached hydrogens (primary N) is 1. The number of halogens is 1. The highest BCUT2D eigenvalue weighted by Gasteiger charge is 2.54. The van der Waals surface area contributed by atoms with Gasteiger partial charge in [0.15, 0.2) is 0 Å². The number of carbonyl (C=O) groups excluding carboxylic acids is 1. The van der Waals surface area contributed by atoms with Crippen LogP contribution in [0.1, 0.15) is 25.7 Å². The number of primary sulfonamides is 1. The quantitative estimate of drug-likeness (QED) is 0.892. The molecule has 5 nitrogen and oxygen atoms in total. The van der Waals surface area contributed by atoms with Crippen molar-refractivity contribution in [1.29, 1.82) is 0 Å². The van der Waals surface area contributed by atoms with Crippen molar-refractivity contribution in [1.82, 2.24) is 0 Å². The molecule has 3 rings (SSSR count). The van der Waals surface area contributed by atoms with E-state index >= 15 is 0 Å². The van der Waals surface area contributed by atoms with Gasteiger partial charge in [-0.25, -0.2) is 17.9 Å². The zero-order valence-electron chi connectivity index (χ0n) is 11.4. The van der Waals surface area contributed by atoms with Gasteiger partial charge in [-0.15, -0.1) is 0 Å². The molecule has 2 fully saturated rings. The van der Waals surface area contributed by atoms with Crippen molar-refractivity contribution >= 4 is 21.6 Å². The van der Waals surface area contributed by atoms with Gasteiger partial charge in [-0.1, -0.05) is 12.8 Å². The van der Waals surface area contributed by atoms with Crippen LogP contribution in [0.2, 0.25) is 0 Å². The smallest absolute Gasteiger partial charge is 0.238 e. The lowest BCUT2D eigenvalue weighted by atomic mass is 10.0. The summed E-state index contributed by atoms with van der Waals surface area (Å²) in [4.78, 5) is 11.8. The summed E-state index contributed by atoms with van der Waals surface area (Å²) in [5, 5.41) is 7.49. The first-order valence-corrected chi connectivity index (χ1v) is 8.56. The number of hydrogen-bond acceptors (Lipinski definition) is 3. The predicted molar refractivity (Wildman–Crippen MR) is 75.3 cm³/mol. The van der Waals surface area contributed by atoms with Crippen LogP contribution in [0, 0.1) is 23.6 Å². The molecular weight excluding hydrogens is 295 g/mol. The molecule has 0 aliphatic heterocycles. The fraction of sp³-hybridized carbons (Fsp3) is 0.500. The van der Waals surface area contributed by atoms with Gasteiger partial charge in [0.1, 0.15) is 5.82 Å². The van der Waals surface area contributed by atoms with Crippen molar-refractivity contribution in [2.45, 2.75) is 30.6 Å². The van der Waals surface area contributed by atoms with E-state index in [4.69, 9.17) is 5.14 Å². The van der Waals surface area contributed by atoms with Gasteiger partial charge in [-0.05, 0) is 42.9 Å². The van der Waals surface area contributed by atoms with Crippen LogP contribution < -0.4 is 10.5 Å². The Labute approximate surface area is 122 Å². The summed E-state index contributed by atoms with van der Waals surface area (Å²) in [7, 11) is -3.94. The number of nitrogens with one attached hydrogen (secondary N) is 1. The third-order valence-corrected chi connectivity index (χ3v) is 5.40. The van der Waals surface area contributed by atoms with Crippen molar-refractivity contribution in [3.8, 4) is 0 Å². The molecule has 0 bridgehead atoms. The van der Waals surface area contributed by atoms with Crippen molar-refractivity contribution < 1.29 is 17.6 Å². The molecule has 0 radical (unpaired) electrons. The van der Waals surface area contributed by atoms with Gasteiger partial charge >= 0.3 is 0 Å². The van der Waals surface area contributed by atoms with E-state index in [-0.39, 0.29) is 22.4 Å². The van der Waals surface area contributed by atoms with E-state index in [9.17, 15) is 17.6 Å². The maximum Gasteiger partial charge on any atom is 0.238 e. The third-order valence-electron chi connectivity index (χ3n) is 4.49. The fourth-order valence-corrected chi connectivity index (χ4v) is 3.90. The topological polar surface area (TPSA) is 89.3 Å². The molecule has 3 N–H and O–H groups in total. The number of anilines is 1. The molecular formula is C14H17FN2O3S. The SMILES string of the molecule is NS(=O)(=O)c1ccc(NC(=O)C2C3CCCCC32)c(F)c1. The summed E-state index contributed by atoms with van der Waals surface area (Å²) in [6.45, 7) is 0. The standard InChI is InChI=1S/C14H17FN2O3S/c15-11-7-8(21(16,19)20)5-6-12(11)17-14(18)13-9-3-1-2-4-10(9)13/h5-7,9-10,13H,1-4H2,(H,17,18)(H2,16,19,20). The highest BCUT2D eigenvalue weighted by molar-refractivity contribution is 7.89. The van der Waals surface area contributed by atoms with E-state index < -0.39 is 15.8 Å². The van der Waals surface area contributed by atoms with Crippen LogP contribution in [-0.2, 0) is 14.8 Å². The van der Waals surface area contributed by atoms with E-state index in [1.165, 1.54) is 12.1 Å². The molecule has 0 heterocycles. The Kier molecular flexibility index (Phi) is 3.49. The van der Waals surface area contributed by atoms with Crippen molar-refractivity contribution in [2.24, 2.45) is 22.9 Å². The molecule has 7 heteroatoms. The number of hydrogen-bond donors (Lipinski definition) is 2. The molecule has 0 saturated heterocycles. The average molecular weight is 312 g/mol. The lowest BCUT2D eigenvalue weighted by Gasteiger charge is -2.07. The Hall–Kier alpha value is -1.47. The van der Waals surface area contributed by atoms with Crippen LogP contribution in [-0.4, -0.2) is 14.3 Å². The summed E-state index contributed by atoms with van der Waals surface area (Å²) in [5.74, 6) is -0.117. The second kappa shape index (κ2) is 5.06. The summed E-state index contributed by atoms with van der Waals surface area (Å²) >= 11 is 0. The van der Waals surface area contributed by atoms with Gasteiger partial charge in [0.25, 0.3) is 0 Å². The maximum absolute atomic E-state index is 13.9. The van der Waals surface area contributed by atoms with Crippen molar-refractivity contribution in [2.75, 3.05) is 5.32 Å². The zero-order valence-corrected chi connectivity index (χ0v) is 12.2. The molecule has 0 spiro atoms. The molecule has 2 saturated carbocycles. The van der Waals surface area contributed by atoms with E-state index in [0.29, 0.717) is 11.8 Å². The van der Waals surface area contributed by atoms with E-state index in [0.717, 1.165) is 31.7 Å². The number of carbonyl (C=O) groups is 1. The van der Waals surface area contributed by atoms with E-state index in [2.05, 4.69) is 5.32 Å². The van der Waals surface area contributed by atoms with Crippen LogP contribution in [0.15, 0.2) is 23.1 Å². The summed E-state index contributed by atoms with van der Waals surface area (Å²) < 4.78 is 36.1. The molecule has 21 heavy (non-hydrogen) atoms. The van der Waals surface area contributed by atoms with Crippen LogP contribution in [0.3, 0.4) is 0 Å². The number of sulfonamides is 1. The number of benzene rings is 1. The lowest BCUT2D eigenvalue weighted by molar-refractivity contribution is -0.117. The second-order valence-corrected chi connectivity index (χ2v) is 7.38. The fourth-order valence-electron chi connectivity index (χ4n) is 3.37. The predicted octanol–water partition coefficient (Wildman–Crippen LogP) is 1.85. The normalized spacial score (nSPS) is 27.8. The highest BCUT2D eigenvalue weighted by Crippen LogP contribution is 2.55. The van der Waals surface area contributed by atoms with Crippen molar-refractivity contribution in [3.63, 3.8) is 0 Å². The number of fused-ring (bicyclic) bond motifs is 1. The monoisotopic (exact) mass is 312 g/mol. The minimum atomic E-state index is -3.94. The largest absolute Gasteiger partial charge is 0.323 e. The Morgan fingerprint density at radius 2 is 1.86 bits per heavy atom. The molecule has 2 unspecified atom stereocenters. The molecule has 2 atom stereocenters. The summed E-state index contributed by atoms with van der Waals surface area (Å²) in [6.07, 6.45) is 4.44. The van der Waals surface area contributed by atoms with Crippen LogP contribution >= 0.6 is 0 Å². The average Bonchev–Trinajstić information content (AvgIpc) is 3.14. The van der Waals surface area contributed by atoms with Gasteiger partial charge < -0.3 is 5.32 Å². The summed E-state index contributed by atoms with van der Waals surface area (Å²) in [5.41, 5.74) is -0.00366. The molecule has 2 aliphatic rings. The number of rotatable bonds is 3. The van der Waals surface area contributed by atoms with Crippen LogP contribution in [0.4, 0.5) is 10.1 Å². The van der Waals surface area contributed by atoms with Gasteiger partial charge in [0.2, 0.25) is 15.9 Å². The first-order valence-electron chi connectivity index (χ1n) is 7.01. The van der Waals surface area contributed by atoms with Gasteiger partial charge in [0, 0.05) is 5.92 Å². The van der Waals surface area contributed by atoms with Gasteiger partial charge in [-0.2, -0.15) is 0 Å². The third kappa shape index (κ3) is 2.80. The molecule has 114 valence electrons. The Bertz CT molecular complexity index is 677. The van der Waals surface area contributed by atoms with Gasteiger partial charge in [0.05, 0.1) is 10.6 Å². The first kappa shape index (κ1) is 14.5. The van der Waals surface area contributed by atoms with Gasteiger partial charge in [-0.3, -0.25) is 4.79 Å². The maximum atomic E-state index is 13.9. The minimum absolute atomic E-state index is 0.00366. The lowest BCUT2D eigenvalue weighted by Crippen LogP contribution is -2.17. The highest BCUT2D eigenvalue weighted by atomic mass is 32.2. The molecule has 1 aromatic carbocycles. The van der Waals surface area contributed by atoms with E-state index in [1.807, 2.05) is 0 Å². The molecule has 0 aromatic heterocycles. The summed E-state index contributed by atoms with van der Waals surface area (Å²) in [6, 6.07) is 3.25. The van der Waals surface area contributed by atoms with E-state index in [1.54, 1.807) is 0 Å². The molecule has 2 aliphatic carbocycles. The first-order chi connectivity index (χ1) is 9.88. The van der Waals surface area contributed by atoms with Crippen molar-refractivity contribution in [3.05, 3.63) is 24.0 Å². The second-order valence-electron chi connectivity index (χ2n) is 5.81. The Balaban J connectivity index is 1.72.